The molecule has 0 saturated carbocycles. The predicted molar refractivity (Wildman–Crippen MR) is 84.3 cm³/mol. The normalized spacial score (nSPS) is 17.1. The number of carbonyl (C=O) groups is 2. The van der Waals surface area contributed by atoms with Crippen LogP contribution in [0.2, 0.25) is 0 Å². The maximum Gasteiger partial charge on any atom is 0.335 e. The summed E-state index contributed by atoms with van der Waals surface area (Å²) in [6, 6.07) is 7.40. The number of hydrogen-bond acceptors (Lipinski definition) is 4. The van der Waals surface area contributed by atoms with Crippen LogP contribution < -0.4 is 4.74 Å². The number of carboxylic acids is 1. The van der Waals surface area contributed by atoms with Gasteiger partial charge in [-0.25, -0.2) is 4.79 Å². The average Bonchev–Trinajstić information content (AvgIpc) is 2.47. The van der Waals surface area contributed by atoms with Crippen LogP contribution in [0.1, 0.15) is 32.3 Å². The third-order valence-corrected chi connectivity index (χ3v) is 3.97. The van der Waals surface area contributed by atoms with Crippen molar-refractivity contribution in [3.05, 3.63) is 29.8 Å². The molecule has 0 unspecified atom stereocenters. The molecule has 1 saturated heterocycles. The molecule has 1 aliphatic heterocycles. The lowest BCUT2D eigenvalue weighted by atomic mass is 9.91. The summed E-state index contributed by atoms with van der Waals surface area (Å²) in [6.45, 7) is 4.39. The lowest BCUT2D eigenvalue weighted by Gasteiger charge is -2.35. The van der Waals surface area contributed by atoms with Gasteiger partial charge in [-0.3, -0.25) is 4.79 Å². The van der Waals surface area contributed by atoms with Crippen LogP contribution in [0.4, 0.5) is 0 Å². The van der Waals surface area contributed by atoms with Crippen LogP contribution >= 0.6 is 0 Å². The van der Waals surface area contributed by atoms with E-state index in [4.69, 9.17) is 9.84 Å². The molecule has 6 nitrogen and oxygen atoms in total. The first kappa shape index (κ1) is 17.3. The second kappa shape index (κ2) is 7.00. The van der Waals surface area contributed by atoms with Crippen LogP contribution in [-0.2, 0) is 16.0 Å². The number of carboxylic acid groups (broad SMARTS) is 1. The number of aliphatic carboxylic acids is 1. The Morgan fingerprint density at radius 2 is 1.96 bits per heavy atom. The van der Waals surface area contributed by atoms with Gasteiger partial charge in [-0.1, -0.05) is 12.1 Å². The Hall–Kier alpha value is -2.08. The summed E-state index contributed by atoms with van der Waals surface area (Å²) in [4.78, 5) is 24.9. The van der Waals surface area contributed by atoms with Crippen molar-refractivity contribution in [2.75, 3.05) is 13.1 Å². The molecular weight excluding hydrogens is 298 g/mol. The highest BCUT2D eigenvalue weighted by molar-refractivity contribution is 5.81. The van der Waals surface area contributed by atoms with Gasteiger partial charge in [0.2, 0.25) is 5.91 Å². The summed E-state index contributed by atoms with van der Waals surface area (Å²) in [7, 11) is 0. The first-order chi connectivity index (χ1) is 10.8. The van der Waals surface area contributed by atoms with E-state index in [1.165, 1.54) is 0 Å². The zero-order chi connectivity index (χ0) is 17.0. The minimum absolute atomic E-state index is 0.0601. The van der Waals surface area contributed by atoms with Gasteiger partial charge < -0.3 is 19.8 Å². The molecule has 0 spiro atoms. The summed E-state index contributed by atoms with van der Waals surface area (Å²) in [6.07, 6.45) is 0.424. The number of likely N-dealkylation sites (tertiary alicyclic amines) is 1. The van der Waals surface area contributed by atoms with Gasteiger partial charge in [0.05, 0.1) is 12.5 Å². The SMILES string of the molecule is CC(C)Oc1cccc(CC(=O)N2CCC(O)(C(=O)O)CC2)c1. The van der Waals surface area contributed by atoms with Gasteiger partial charge in [-0.2, -0.15) is 0 Å². The lowest BCUT2D eigenvalue weighted by molar-refractivity contribution is -0.165. The molecule has 1 heterocycles. The molecule has 1 amide bonds. The molecule has 0 aliphatic carbocycles. The highest BCUT2D eigenvalue weighted by Gasteiger charge is 2.40. The van der Waals surface area contributed by atoms with Gasteiger partial charge in [-0.15, -0.1) is 0 Å². The summed E-state index contributed by atoms with van der Waals surface area (Å²) < 4.78 is 5.61. The quantitative estimate of drug-likeness (QED) is 0.857. The Kier molecular flexibility index (Phi) is 5.26. The molecule has 23 heavy (non-hydrogen) atoms. The lowest BCUT2D eigenvalue weighted by Crippen LogP contribution is -2.51. The third-order valence-electron chi connectivity index (χ3n) is 3.97. The first-order valence-electron chi connectivity index (χ1n) is 7.79. The summed E-state index contributed by atoms with van der Waals surface area (Å²) in [5.74, 6) is -0.563. The molecule has 0 bridgehead atoms. The van der Waals surface area contributed by atoms with Crippen molar-refractivity contribution in [3.63, 3.8) is 0 Å². The Morgan fingerprint density at radius 1 is 1.30 bits per heavy atom. The Bertz CT molecular complexity index is 576. The molecule has 1 aliphatic rings. The van der Waals surface area contributed by atoms with E-state index in [1.54, 1.807) is 4.90 Å². The third kappa shape index (κ3) is 4.45. The number of nitrogens with zero attached hydrogens (tertiary/aromatic N) is 1. The van der Waals surface area contributed by atoms with E-state index in [9.17, 15) is 14.7 Å². The van der Waals surface area contributed by atoms with E-state index in [0.717, 1.165) is 11.3 Å². The molecule has 1 aromatic rings. The molecule has 2 N–H and O–H groups in total. The van der Waals surface area contributed by atoms with Crippen molar-refractivity contribution in [1.82, 2.24) is 4.90 Å². The van der Waals surface area contributed by atoms with Crippen molar-refractivity contribution >= 4 is 11.9 Å². The number of piperidine rings is 1. The van der Waals surface area contributed by atoms with Gasteiger partial charge >= 0.3 is 5.97 Å². The Balaban J connectivity index is 1.94. The summed E-state index contributed by atoms with van der Waals surface area (Å²) in [5, 5.41) is 18.9. The molecule has 1 aromatic carbocycles. The monoisotopic (exact) mass is 321 g/mol. The van der Waals surface area contributed by atoms with Gasteiger partial charge in [0, 0.05) is 25.9 Å². The van der Waals surface area contributed by atoms with E-state index < -0.39 is 11.6 Å². The number of carbonyl (C=O) groups excluding carboxylic acids is 1. The van der Waals surface area contributed by atoms with Gasteiger partial charge in [0.15, 0.2) is 5.60 Å². The van der Waals surface area contributed by atoms with Crippen LogP contribution in [0.25, 0.3) is 0 Å². The largest absolute Gasteiger partial charge is 0.491 e. The first-order valence-corrected chi connectivity index (χ1v) is 7.79. The van der Waals surface area contributed by atoms with E-state index in [1.807, 2.05) is 38.1 Å². The smallest absolute Gasteiger partial charge is 0.335 e. The topological polar surface area (TPSA) is 87.1 Å². The van der Waals surface area contributed by atoms with E-state index in [0.29, 0.717) is 0 Å². The highest BCUT2D eigenvalue weighted by atomic mass is 16.5. The second-order valence-electron chi connectivity index (χ2n) is 6.21. The van der Waals surface area contributed by atoms with Gasteiger partial charge in [0.25, 0.3) is 0 Å². The van der Waals surface area contributed by atoms with Crippen LogP contribution in [0.5, 0.6) is 5.75 Å². The summed E-state index contributed by atoms with van der Waals surface area (Å²) in [5.41, 5.74) is -0.853. The van der Waals surface area contributed by atoms with Crippen LogP contribution in [0.15, 0.2) is 24.3 Å². The van der Waals surface area contributed by atoms with Crippen molar-refractivity contribution in [2.45, 2.75) is 44.8 Å². The molecule has 0 radical (unpaired) electrons. The standard InChI is InChI=1S/C17H23NO5/c1-12(2)23-14-5-3-4-13(10-14)11-15(19)18-8-6-17(22,7-9-18)16(20)21/h3-5,10,12,22H,6-9,11H2,1-2H3,(H,20,21). The molecular formula is C17H23NO5. The maximum atomic E-state index is 12.3. The van der Waals surface area contributed by atoms with E-state index in [2.05, 4.69) is 0 Å². The number of rotatable bonds is 5. The van der Waals surface area contributed by atoms with Crippen molar-refractivity contribution in [2.24, 2.45) is 0 Å². The van der Waals surface area contributed by atoms with Crippen molar-refractivity contribution < 1.29 is 24.5 Å². The van der Waals surface area contributed by atoms with E-state index >= 15 is 0 Å². The molecule has 6 heteroatoms. The fourth-order valence-corrected chi connectivity index (χ4v) is 2.63. The van der Waals surface area contributed by atoms with E-state index in [-0.39, 0.29) is 44.4 Å². The predicted octanol–water partition coefficient (Wildman–Crippen LogP) is 1.45. The average molecular weight is 321 g/mol. The summed E-state index contributed by atoms with van der Waals surface area (Å²) >= 11 is 0. The molecule has 2 rings (SSSR count). The number of ether oxygens (including phenoxy) is 1. The molecule has 0 atom stereocenters. The zero-order valence-corrected chi connectivity index (χ0v) is 13.5. The van der Waals surface area contributed by atoms with Gasteiger partial charge in [0.1, 0.15) is 5.75 Å². The number of aliphatic hydroxyl groups is 1. The fraction of sp³-hybridized carbons (Fsp3) is 0.529. The van der Waals surface area contributed by atoms with Crippen LogP contribution in [-0.4, -0.2) is 51.8 Å². The maximum absolute atomic E-state index is 12.3. The molecule has 1 fully saturated rings. The zero-order valence-electron chi connectivity index (χ0n) is 13.5. The number of hydrogen-bond donors (Lipinski definition) is 2. The number of benzene rings is 1. The molecule has 0 aromatic heterocycles. The van der Waals surface area contributed by atoms with Gasteiger partial charge in [-0.05, 0) is 31.5 Å². The number of amides is 1. The minimum Gasteiger partial charge on any atom is -0.491 e. The highest BCUT2D eigenvalue weighted by Crippen LogP contribution is 2.23. The Morgan fingerprint density at radius 3 is 2.52 bits per heavy atom. The Labute approximate surface area is 135 Å². The minimum atomic E-state index is -1.71. The van der Waals surface area contributed by atoms with Crippen LogP contribution in [0.3, 0.4) is 0 Å². The fourth-order valence-electron chi connectivity index (χ4n) is 2.63. The van der Waals surface area contributed by atoms with Crippen molar-refractivity contribution in [1.29, 1.82) is 0 Å². The van der Waals surface area contributed by atoms with Crippen molar-refractivity contribution in [3.8, 4) is 5.75 Å². The second-order valence-corrected chi connectivity index (χ2v) is 6.21. The van der Waals surface area contributed by atoms with Crippen LogP contribution in [0, 0.1) is 0 Å². The molecule has 126 valence electrons.